The quantitative estimate of drug-likeness (QED) is 0.358. The van der Waals surface area contributed by atoms with Gasteiger partial charge in [0.2, 0.25) is 10.0 Å². The van der Waals surface area contributed by atoms with Crippen molar-refractivity contribution in [3.8, 4) is 5.75 Å². The van der Waals surface area contributed by atoms with E-state index in [9.17, 15) is 8.42 Å². The highest BCUT2D eigenvalue weighted by Gasteiger charge is 2.12. The third kappa shape index (κ3) is 5.17. The predicted octanol–water partition coefficient (Wildman–Crippen LogP) is 2.06. The molecule has 0 unspecified atom stereocenters. The summed E-state index contributed by atoms with van der Waals surface area (Å²) in [4.78, 5) is 2.68. The maximum absolute atomic E-state index is 11.8. The van der Waals surface area contributed by atoms with Crippen LogP contribution in [0.5, 0.6) is 5.75 Å². The summed E-state index contributed by atoms with van der Waals surface area (Å²) in [5.41, 5.74) is 8.08. The third-order valence-corrected chi connectivity index (χ3v) is 3.55. The van der Waals surface area contributed by atoms with Crippen LogP contribution < -0.4 is 9.46 Å². The standard InChI is InChI=1S/C11H16N4O3S/c1-9(2)18-10-3-5-11(6-4-10)19(16,17)14-8-7-13-15-12/h3-6,9,14H,7-8H2,1-2H3. The van der Waals surface area contributed by atoms with E-state index >= 15 is 0 Å². The SMILES string of the molecule is CC(C)Oc1ccc(S(=O)(=O)NCCN=[N+]=[N-])cc1. The zero-order valence-electron chi connectivity index (χ0n) is 10.8. The normalized spacial score (nSPS) is 11.1. The molecule has 0 heterocycles. The topological polar surface area (TPSA) is 104 Å². The second-order valence-corrected chi connectivity index (χ2v) is 5.76. The first-order valence-electron chi connectivity index (χ1n) is 5.73. The highest BCUT2D eigenvalue weighted by Crippen LogP contribution is 2.16. The van der Waals surface area contributed by atoms with Gasteiger partial charge < -0.3 is 4.74 Å². The van der Waals surface area contributed by atoms with E-state index in [1.54, 1.807) is 12.1 Å². The molecule has 1 aromatic carbocycles. The summed E-state index contributed by atoms with van der Waals surface area (Å²) in [6, 6.07) is 6.13. The van der Waals surface area contributed by atoms with Gasteiger partial charge in [-0.05, 0) is 43.6 Å². The summed E-state index contributed by atoms with van der Waals surface area (Å²) < 4.78 is 31.4. The van der Waals surface area contributed by atoms with Crippen molar-refractivity contribution in [3.63, 3.8) is 0 Å². The first-order chi connectivity index (χ1) is 8.95. The van der Waals surface area contributed by atoms with Gasteiger partial charge in [0.25, 0.3) is 0 Å². The molecule has 0 aromatic heterocycles. The summed E-state index contributed by atoms with van der Waals surface area (Å²) in [5, 5.41) is 3.25. The van der Waals surface area contributed by atoms with Gasteiger partial charge >= 0.3 is 0 Å². The Balaban J connectivity index is 2.70. The Morgan fingerprint density at radius 1 is 1.37 bits per heavy atom. The average Bonchev–Trinajstić information content (AvgIpc) is 2.35. The lowest BCUT2D eigenvalue weighted by Gasteiger charge is -2.10. The Morgan fingerprint density at radius 3 is 2.53 bits per heavy atom. The van der Waals surface area contributed by atoms with E-state index in [1.807, 2.05) is 13.8 Å². The van der Waals surface area contributed by atoms with Crippen LogP contribution in [-0.4, -0.2) is 27.6 Å². The van der Waals surface area contributed by atoms with Crippen molar-refractivity contribution < 1.29 is 13.2 Å². The molecule has 0 saturated carbocycles. The maximum Gasteiger partial charge on any atom is 0.240 e. The van der Waals surface area contributed by atoms with Crippen LogP contribution in [0.15, 0.2) is 34.3 Å². The van der Waals surface area contributed by atoms with Crippen LogP contribution >= 0.6 is 0 Å². The molecule has 8 heteroatoms. The molecule has 1 aromatic rings. The first-order valence-corrected chi connectivity index (χ1v) is 7.21. The molecule has 0 radical (unpaired) electrons. The minimum absolute atomic E-state index is 0.0319. The molecule has 1 N–H and O–H groups in total. The lowest BCUT2D eigenvalue weighted by molar-refractivity contribution is 0.242. The Hall–Kier alpha value is -1.76. The van der Waals surface area contributed by atoms with Crippen LogP contribution in [0, 0.1) is 0 Å². The number of sulfonamides is 1. The van der Waals surface area contributed by atoms with Crippen LogP contribution in [0.25, 0.3) is 10.4 Å². The maximum atomic E-state index is 11.8. The van der Waals surface area contributed by atoms with Gasteiger partial charge in [0.15, 0.2) is 0 Å². The smallest absolute Gasteiger partial charge is 0.240 e. The number of azide groups is 1. The first kappa shape index (κ1) is 15.3. The molecule has 0 aliphatic rings. The lowest BCUT2D eigenvalue weighted by Crippen LogP contribution is -2.26. The van der Waals surface area contributed by atoms with Crippen LogP contribution in [0.3, 0.4) is 0 Å². The summed E-state index contributed by atoms with van der Waals surface area (Å²) in [7, 11) is -3.57. The summed E-state index contributed by atoms with van der Waals surface area (Å²) in [6.45, 7) is 3.92. The van der Waals surface area contributed by atoms with Gasteiger partial charge in [-0.3, -0.25) is 0 Å². The molecule has 0 atom stereocenters. The number of nitrogens with zero attached hydrogens (tertiary/aromatic N) is 3. The van der Waals surface area contributed by atoms with Crippen LogP contribution in [0.1, 0.15) is 13.8 Å². The molecule has 0 amide bonds. The Bertz CT molecular complexity index is 548. The molecule has 0 aliphatic carbocycles. The van der Waals surface area contributed by atoms with E-state index in [0.29, 0.717) is 5.75 Å². The summed E-state index contributed by atoms with van der Waals surface area (Å²) >= 11 is 0. The van der Waals surface area contributed by atoms with Gasteiger partial charge in [0.1, 0.15) is 5.75 Å². The Labute approximate surface area is 112 Å². The van der Waals surface area contributed by atoms with E-state index in [2.05, 4.69) is 14.7 Å². The van der Waals surface area contributed by atoms with Crippen molar-refractivity contribution in [2.75, 3.05) is 13.1 Å². The zero-order chi connectivity index (χ0) is 14.3. The van der Waals surface area contributed by atoms with Gasteiger partial charge in [-0.15, -0.1) is 0 Å². The number of benzene rings is 1. The molecule has 0 bridgehead atoms. The van der Waals surface area contributed by atoms with Gasteiger partial charge in [0, 0.05) is 18.0 Å². The predicted molar refractivity (Wildman–Crippen MR) is 71.4 cm³/mol. The lowest BCUT2D eigenvalue weighted by atomic mass is 10.3. The van der Waals surface area contributed by atoms with Crippen molar-refractivity contribution >= 4 is 10.0 Å². The molecular formula is C11H16N4O3S. The second-order valence-electron chi connectivity index (χ2n) is 3.99. The largest absolute Gasteiger partial charge is 0.491 e. The number of hydrogen-bond acceptors (Lipinski definition) is 4. The molecule has 7 nitrogen and oxygen atoms in total. The van der Waals surface area contributed by atoms with Crippen LogP contribution in [0.4, 0.5) is 0 Å². The molecule has 1 rings (SSSR count). The summed E-state index contributed by atoms with van der Waals surface area (Å²) in [6.07, 6.45) is 0.0319. The van der Waals surface area contributed by atoms with Gasteiger partial charge in [0.05, 0.1) is 11.0 Å². The Morgan fingerprint density at radius 2 is 2.00 bits per heavy atom. The fourth-order valence-corrected chi connectivity index (χ4v) is 2.35. The summed E-state index contributed by atoms with van der Waals surface area (Å²) in [5.74, 6) is 0.614. The van der Waals surface area contributed by atoms with Crippen molar-refractivity contribution in [3.05, 3.63) is 34.7 Å². The highest BCUT2D eigenvalue weighted by atomic mass is 32.2. The minimum atomic E-state index is -3.57. The molecule has 19 heavy (non-hydrogen) atoms. The molecule has 0 aliphatic heterocycles. The Kier molecular flexibility index (Phi) is 5.62. The van der Waals surface area contributed by atoms with E-state index in [1.165, 1.54) is 12.1 Å². The fourth-order valence-electron chi connectivity index (χ4n) is 1.33. The number of rotatable bonds is 7. The number of nitrogens with one attached hydrogen (secondary N) is 1. The molecule has 0 saturated heterocycles. The van der Waals surface area contributed by atoms with Gasteiger partial charge in [-0.2, -0.15) is 0 Å². The van der Waals surface area contributed by atoms with Crippen LogP contribution in [-0.2, 0) is 10.0 Å². The third-order valence-electron chi connectivity index (χ3n) is 2.07. The average molecular weight is 284 g/mol. The van der Waals surface area contributed by atoms with Crippen molar-refractivity contribution in [2.24, 2.45) is 5.11 Å². The second kappa shape index (κ2) is 6.98. The molecule has 0 spiro atoms. The fraction of sp³-hybridized carbons (Fsp3) is 0.455. The number of hydrogen-bond donors (Lipinski definition) is 1. The van der Waals surface area contributed by atoms with Crippen molar-refractivity contribution in [1.82, 2.24) is 4.72 Å². The van der Waals surface area contributed by atoms with Gasteiger partial charge in [-0.25, -0.2) is 13.1 Å². The zero-order valence-corrected chi connectivity index (χ0v) is 11.6. The number of ether oxygens (including phenoxy) is 1. The van der Waals surface area contributed by atoms with E-state index in [4.69, 9.17) is 10.3 Å². The monoisotopic (exact) mass is 284 g/mol. The van der Waals surface area contributed by atoms with Gasteiger partial charge in [-0.1, -0.05) is 5.11 Å². The highest BCUT2D eigenvalue weighted by molar-refractivity contribution is 7.89. The molecule has 0 fully saturated rings. The minimum Gasteiger partial charge on any atom is -0.491 e. The van der Waals surface area contributed by atoms with E-state index in [0.717, 1.165) is 0 Å². The molecular weight excluding hydrogens is 268 g/mol. The van der Waals surface area contributed by atoms with Crippen molar-refractivity contribution in [2.45, 2.75) is 24.8 Å². The molecule has 104 valence electrons. The van der Waals surface area contributed by atoms with Crippen LogP contribution in [0.2, 0.25) is 0 Å². The van der Waals surface area contributed by atoms with E-state index < -0.39 is 10.0 Å². The van der Waals surface area contributed by atoms with Crippen molar-refractivity contribution in [1.29, 1.82) is 0 Å². The van der Waals surface area contributed by atoms with E-state index in [-0.39, 0.29) is 24.1 Å².